The zero-order valence-corrected chi connectivity index (χ0v) is 19.0. The lowest BCUT2D eigenvalue weighted by atomic mass is 9.88. The number of rotatable bonds is 9. The third-order valence-electron chi connectivity index (χ3n) is 6.24. The first-order chi connectivity index (χ1) is 15.7. The predicted octanol–water partition coefficient (Wildman–Crippen LogP) is 5.27. The fourth-order valence-corrected chi connectivity index (χ4v) is 4.52. The molecule has 1 aromatic heterocycles. The highest BCUT2D eigenvalue weighted by Crippen LogP contribution is 2.26. The minimum Gasteiger partial charge on any atom is -0.497 e. The van der Waals surface area contributed by atoms with E-state index in [2.05, 4.69) is 16.0 Å². The molecule has 6 nitrogen and oxygen atoms in total. The summed E-state index contributed by atoms with van der Waals surface area (Å²) in [4.78, 5) is 17.7. The number of carbonyl (C=O) groups is 1. The lowest BCUT2D eigenvalue weighted by Crippen LogP contribution is -2.35. The molecule has 4 rings (SSSR count). The van der Waals surface area contributed by atoms with Gasteiger partial charge < -0.3 is 19.4 Å². The Labute approximate surface area is 189 Å². The molecule has 1 fully saturated rings. The Kier molecular flexibility index (Phi) is 7.30. The number of benzene rings is 2. The topological polar surface area (TPSA) is 65.4 Å². The average molecular weight is 436 g/mol. The predicted molar refractivity (Wildman–Crippen MR) is 126 cm³/mol. The van der Waals surface area contributed by atoms with Gasteiger partial charge in [0.1, 0.15) is 17.3 Å². The van der Waals surface area contributed by atoms with Gasteiger partial charge in [0.2, 0.25) is 5.91 Å². The van der Waals surface area contributed by atoms with Crippen LogP contribution in [0.25, 0.3) is 11.0 Å². The van der Waals surface area contributed by atoms with Gasteiger partial charge in [-0.3, -0.25) is 4.79 Å². The van der Waals surface area contributed by atoms with E-state index in [1.807, 2.05) is 49.4 Å². The van der Waals surface area contributed by atoms with Gasteiger partial charge in [-0.15, -0.1) is 0 Å². The van der Waals surface area contributed by atoms with Gasteiger partial charge in [-0.2, -0.15) is 0 Å². The molecule has 1 saturated carbocycles. The van der Waals surface area contributed by atoms with Crippen LogP contribution >= 0.6 is 0 Å². The van der Waals surface area contributed by atoms with Gasteiger partial charge in [0.05, 0.1) is 30.8 Å². The number of methoxy groups -OCH3 is 1. The molecule has 1 N–H and O–H groups in total. The van der Waals surface area contributed by atoms with Crippen LogP contribution in [-0.2, 0) is 11.3 Å². The Balaban J connectivity index is 1.43. The lowest BCUT2D eigenvalue weighted by molar-refractivity contribution is -0.126. The summed E-state index contributed by atoms with van der Waals surface area (Å²) in [6.07, 6.45) is 6.37. The summed E-state index contributed by atoms with van der Waals surface area (Å²) < 4.78 is 13.4. The summed E-state index contributed by atoms with van der Waals surface area (Å²) in [5, 5.41) is 3.23. The van der Waals surface area contributed by atoms with Crippen molar-refractivity contribution in [1.82, 2.24) is 14.9 Å². The maximum absolute atomic E-state index is 12.8. The second kappa shape index (κ2) is 10.5. The molecule has 170 valence electrons. The summed E-state index contributed by atoms with van der Waals surface area (Å²) in [5.74, 6) is 2.79. The summed E-state index contributed by atoms with van der Waals surface area (Å²) in [6, 6.07) is 15.7. The average Bonchev–Trinajstić information content (AvgIpc) is 3.21. The first-order valence-corrected chi connectivity index (χ1v) is 11.7. The van der Waals surface area contributed by atoms with Gasteiger partial charge in [-0.05, 0) is 50.5 Å². The zero-order valence-electron chi connectivity index (χ0n) is 19.0. The number of aromatic nitrogens is 2. The molecule has 1 aliphatic carbocycles. The summed E-state index contributed by atoms with van der Waals surface area (Å²) >= 11 is 0. The molecule has 0 spiro atoms. The van der Waals surface area contributed by atoms with Crippen LogP contribution in [0.3, 0.4) is 0 Å². The zero-order chi connectivity index (χ0) is 22.3. The van der Waals surface area contributed by atoms with E-state index in [1.165, 1.54) is 6.42 Å². The SMILES string of the molecule is COc1cccc(OCCCn2c(C(C)NC(=O)C3CCCCC3)nc3ccccc32)c1. The maximum Gasteiger partial charge on any atom is 0.223 e. The van der Waals surface area contributed by atoms with Crippen molar-refractivity contribution in [2.45, 2.75) is 58.0 Å². The molecule has 1 atom stereocenters. The van der Waals surface area contributed by atoms with Crippen LogP contribution in [-0.4, -0.2) is 29.2 Å². The normalized spacial score (nSPS) is 15.4. The first kappa shape index (κ1) is 22.2. The van der Waals surface area contributed by atoms with E-state index < -0.39 is 0 Å². The molecule has 0 saturated heterocycles. The van der Waals surface area contributed by atoms with Crippen LogP contribution in [0.1, 0.15) is 57.3 Å². The minimum absolute atomic E-state index is 0.139. The van der Waals surface area contributed by atoms with Crippen molar-refractivity contribution in [2.24, 2.45) is 5.92 Å². The van der Waals surface area contributed by atoms with Crippen LogP contribution in [0.4, 0.5) is 0 Å². The maximum atomic E-state index is 12.8. The Morgan fingerprint density at radius 2 is 1.91 bits per heavy atom. The first-order valence-electron chi connectivity index (χ1n) is 11.7. The summed E-state index contributed by atoms with van der Waals surface area (Å²) in [6.45, 7) is 3.39. The molecule has 0 bridgehead atoms. The number of aryl methyl sites for hydroxylation is 1. The van der Waals surface area contributed by atoms with Crippen molar-refractivity contribution in [2.75, 3.05) is 13.7 Å². The molecule has 1 amide bonds. The van der Waals surface area contributed by atoms with Crippen molar-refractivity contribution in [1.29, 1.82) is 0 Å². The van der Waals surface area contributed by atoms with Crippen molar-refractivity contribution in [3.8, 4) is 11.5 Å². The number of hydrogen-bond donors (Lipinski definition) is 1. The molecule has 2 aromatic carbocycles. The summed E-state index contributed by atoms with van der Waals surface area (Å²) in [7, 11) is 1.65. The lowest BCUT2D eigenvalue weighted by Gasteiger charge is -2.23. The highest BCUT2D eigenvalue weighted by molar-refractivity contribution is 5.80. The van der Waals surface area contributed by atoms with E-state index >= 15 is 0 Å². The number of nitrogens with one attached hydrogen (secondary N) is 1. The number of hydrogen-bond acceptors (Lipinski definition) is 4. The van der Waals surface area contributed by atoms with Crippen LogP contribution in [0, 0.1) is 5.92 Å². The molecule has 0 radical (unpaired) electrons. The van der Waals surface area contributed by atoms with Crippen LogP contribution in [0.2, 0.25) is 0 Å². The molecule has 3 aromatic rings. The highest BCUT2D eigenvalue weighted by Gasteiger charge is 2.24. The monoisotopic (exact) mass is 435 g/mol. The molecular weight excluding hydrogens is 402 g/mol. The highest BCUT2D eigenvalue weighted by atomic mass is 16.5. The second-order valence-corrected chi connectivity index (χ2v) is 8.56. The molecule has 32 heavy (non-hydrogen) atoms. The van der Waals surface area contributed by atoms with Crippen LogP contribution in [0.5, 0.6) is 11.5 Å². The van der Waals surface area contributed by atoms with Crippen LogP contribution < -0.4 is 14.8 Å². The molecule has 0 aliphatic heterocycles. The van der Waals surface area contributed by atoms with E-state index in [9.17, 15) is 4.79 Å². The fourth-order valence-electron chi connectivity index (χ4n) is 4.52. The number of carbonyl (C=O) groups excluding carboxylic acids is 1. The Bertz CT molecular complexity index is 1040. The van der Waals surface area contributed by atoms with E-state index in [0.29, 0.717) is 6.61 Å². The van der Waals surface area contributed by atoms with Crippen molar-refractivity contribution >= 4 is 16.9 Å². The molecule has 6 heteroatoms. The fraction of sp³-hybridized carbons (Fsp3) is 0.462. The largest absolute Gasteiger partial charge is 0.497 e. The van der Waals surface area contributed by atoms with E-state index in [0.717, 1.165) is 67.0 Å². The minimum atomic E-state index is -0.142. The van der Waals surface area contributed by atoms with E-state index in [1.54, 1.807) is 7.11 Å². The van der Waals surface area contributed by atoms with E-state index in [4.69, 9.17) is 14.5 Å². The van der Waals surface area contributed by atoms with Crippen LogP contribution in [0.15, 0.2) is 48.5 Å². The standard InChI is InChI=1S/C26H33N3O3/c1-19(27-26(30)20-10-4-3-5-11-20)25-28-23-14-6-7-15-24(23)29(25)16-9-17-32-22-13-8-12-21(18-22)31-2/h6-8,12-15,18-20H,3-5,9-11,16-17H2,1-2H3,(H,27,30). The van der Waals surface area contributed by atoms with Gasteiger partial charge in [0.25, 0.3) is 0 Å². The number of ether oxygens (including phenoxy) is 2. The Morgan fingerprint density at radius 1 is 1.12 bits per heavy atom. The number of amides is 1. The van der Waals surface area contributed by atoms with Gasteiger partial charge in [0.15, 0.2) is 0 Å². The van der Waals surface area contributed by atoms with Gasteiger partial charge in [-0.25, -0.2) is 4.98 Å². The number of fused-ring (bicyclic) bond motifs is 1. The molecular formula is C26H33N3O3. The number of para-hydroxylation sites is 2. The Hall–Kier alpha value is -3.02. The molecule has 1 unspecified atom stereocenters. The summed E-state index contributed by atoms with van der Waals surface area (Å²) in [5.41, 5.74) is 2.04. The molecule has 1 heterocycles. The quantitative estimate of drug-likeness (QED) is 0.465. The second-order valence-electron chi connectivity index (χ2n) is 8.56. The van der Waals surface area contributed by atoms with Gasteiger partial charge in [0, 0.05) is 18.5 Å². The third kappa shape index (κ3) is 5.23. The van der Waals surface area contributed by atoms with Gasteiger partial charge >= 0.3 is 0 Å². The van der Waals surface area contributed by atoms with Crippen molar-refractivity contribution in [3.63, 3.8) is 0 Å². The number of imidazole rings is 1. The van der Waals surface area contributed by atoms with Crippen molar-refractivity contribution in [3.05, 3.63) is 54.4 Å². The molecule has 1 aliphatic rings. The van der Waals surface area contributed by atoms with E-state index in [-0.39, 0.29) is 17.9 Å². The van der Waals surface area contributed by atoms with Gasteiger partial charge in [-0.1, -0.05) is 37.5 Å². The third-order valence-corrected chi connectivity index (χ3v) is 6.24. The number of nitrogens with zero attached hydrogens (tertiary/aromatic N) is 2. The van der Waals surface area contributed by atoms with Crippen molar-refractivity contribution < 1.29 is 14.3 Å². The Morgan fingerprint density at radius 3 is 2.72 bits per heavy atom. The smallest absolute Gasteiger partial charge is 0.223 e.